The maximum atomic E-state index is 13.5. The highest BCUT2D eigenvalue weighted by Crippen LogP contribution is 2.34. The van der Waals surface area contributed by atoms with Crippen molar-refractivity contribution in [2.24, 2.45) is 5.92 Å². The van der Waals surface area contributed by atoms with Crippen molar-refractivity contribution in [1.29, 1.82) is 0 Å². The first-order chi connectivity index (χ1) is 16.4. The number of ether oxygens (including phenoxy) is 1. The van der Waals surface area contributed by atoms with Crippen molar-refractivity contribution in [2.75, 3.05) is 31.6 Å². The Bertz CT molecular complexity index is 1070. The van der Waals surface area contributed by atoms with Crippen molar-refractivity contribution in [3.8, 4) is 0 Å². The highest BCUT2D eigenvalue weighted by Gasteiger charge is 2.57. The summed E-state index contributed by atoms with van der Waals surface area (Å²) in [6.45, 7) is 3.38. The van der Waals surface area contributed by atoms with Crippen molar-refractivity contribution < 1.29 is 19.1 Å². The van der Waals surface area contributed by atoms with Crippen molar-refractivity contribution >= 4 is 23.6 Å². The van der Waals surface area contributed by atoms with Crippen LogP contribution in [-0.4, -0.2) is 77.8 Å². The molecule has 2 aromatic rings. The van der Waals surface area contributed by atoms with Crippen LogP contribution in [0.5, 0.6) is 0 Å². The lowest BCUT2D eigenvalue weighted by Gasteiger charge is -2.45. The lowest BCUT2D eigenvalue weighted by Crippen LogP contribution is -2.67. The summed E-state index contributed by atoms with van der Waals surface area (Å²) in [6.07, 6.45) is -0.698. The van der Waals surface area contributed by atoms with Gasteiger partial charge in [0.2, 0.25) is 0 Å². The van der Waals surface area contributed by atoms with Crippen LogP contribution in [0.15, 0.2) is 60.7 Å². The van der Waals surface area contributed by atoms with Gasteiger partial charge in [-0.2, -0.15) is 0 Å². The zero-order valence-corrected chi connectivity index (χ0v) is 19.3. The number of fused-ring (bicyclic) bond motifs is 3. The number of imide groups is 1. The molecule has 0 saturated carbocycles. The van der Waals surface area contributed by atoms with E-state index >= 15 is 0 Å². The Hall–Kier alpha value is -3.43. The van der Waals surface area contributed by atoms with E-state index in [-0.39, 0.29) is 18.8 Å². The third-order valence-corrected chi connectivity index (χ3v) is 6.70. The molecule has 0 bridgehead atoms. The highest BCUT2D eigenvalue weighted by molar-refractivity contribution is 6.02. The fourth-order valence-corrected chi connectivity index (χ4v) is 5.10. The number of urea groups is 1. The topological polar surface area (TPSA) is 85.4 Å². The molecule has 3 heterocycles. The Kier molecular flexibility index (Phi) is 5.97. The number of para-hydroxylation sites is 1. The molecular weight excluding hydrogens is 434 g/mol. The predicted octanol–water partition coefficient (Wildman–Crippen LogP) is 1.66. The maximum Gasteiger partial charge on any atom is 0.328 e. The fourth-order valence-electron chi connectivity index (χ4n) is 5.10. The number of benzene rings is 2. The summed E-state index contributed by atoms with van der Waals surface area (Å²) in [5.74, 6) is -0.670. The normalized spacial score (nSPS) is 26.9. The molecular formula is C25H29N5O4. The second-order valence-electron chi connectivity index (χ2n) is 9.18. The second-order valence-corrected chi connectivity index (χ2v) is 9.18. The van der Waals surface area contributed by atoms with Crippen molar-refractivity contribution in [3.05, 3.63) is 66.2 Å². The van der Waals surface area contributed by atoms with Gasteiger partial charge in [-0.15, -0.1) is 0 Å². The molecule has 34 heavy (non-hydrogen) atoms. The Balaban J connectivity index is 1.33. The molecule has 178 valence electrons. The van der Waals surface area contributed by atoms with E-state index in [0.717, 1.165) is 22.7 Å². The molecule has 4 unspecified atom stereocenters. The van der Waals surface area contributed by atoms with Gasteiger partial charge < -0.3 is 14.5 Å². The molecule has 0 spiro atoms. The number of carbonyl (C=O) groups is 3. The second kappa shape index (κ2) is 9.08. The maximum absolute atomic E-state index is 13.5. The third kappa shape index (κ3) is 4.01. The first-order valence-electron chi connectivity index (χ1n) is 11.5. The largest absolute Gasteiger partial charge is 0.459 e. The molecule has 3 saturated heterocycles. The molecule has 0 radical (unpaired) electrons. The minimum absolute atomic E-state index is 0.0943. The van der Waals surface area contributed by atoms with Crippen molar-refractivity contribution in [2.45, 2.75) is 32.0 Å². The SMILES string of the molecule is CC1CN(c2ccccc2)C2NC3C(C(=O)N(CC(=O)OCc4ccccc4)C(=O)N3C)N2C1. The van der Waals surface area contributed by atoms with Crippen LogP contribution in [0.3, 0.4) is 0 Å². The number of likely N-dealkylation sites (N-methyl/N-ethyl adjacent to an activating group) is 1. The number of rotatable bonds is 5. The van der Waals surface area contributed by atoms with Crippen molar-refractivity contribution in [3.63, 3.8) is 0 Å². The Morgan fingerprint density at radius 3 is 2.41 bits per heavy atom. The minimum atomic E-state index is -0.613. The number of esters is 1. The van der Waals surface area contributed by atoms with Gasteiger partial charge in [0.1, 0.15) is 31.6 Å². The Labute approximate surface area is 198 Å². The van der Waals surface area contributed by atoms with Crippen LogP contribution in [0.25, 0.3) is 0 Å². The van der Waals surface area contributed by atoms with Crippen LogP contribution in [0.4, 0.5) is 10.5 Å². The summed E-state index contributed by atoms with van der Waals surface area (Å²) in [5.41, 5.74) is 1.90. The van der Waals surface area contributed by atoms with Crippen LogP contribution in [-0.2, 0) is 20.9 Å². The molecule has 3 fully saturated rings. The summed E-state index contributed by atoms with van der Waals surface area (Å²) >= 11 is 0. The van der Waals surface area contributed by atoms with Gasteiger partial charge in [0.05, 0.1) is 0 Å². The standard InChI is InChI=1S/C25H29N5O4/c1-17-13-28(19-11-7-4-8-12-19)24-26-22-21(29(24)14-17)23(32)30(25(33)27(22)2)15-20(31)34-16-18-9-5-3-6-10-18/h3-12,17,21-22,24,26H,13-16H2,1-2H3. The summed E-state index contributed by atoms with van der Waals surface area (Å²) < 4.78 is 5.33. The first kappa shape index (κ1) is 22.4. The highest BCUT2D eigenvalue weighted by atomic mass is 16.5. The number of anilines is 1. The smallest absolute Gasteiger partial charge is 0.328 e. The van der Waals surface area contributed by atoms with Gasteiger partial charge >= 0.3 is 12.0 Å². The Morgan fingerprint density at radius 2 is 1.71 bits per heavy atom. The lowest BCUT2D eigenvalue weighted by molar-refractivity contribution is -0.152. The first-order valence-corrected chi connectivity index (χ1v) is 11.5. The van der Waals surface area contributed by atoms with E-state index in [1.807, 2.05) is 60.7 Å². The fraction of sp³-hybridized carbons (Fsp3) is 0.400. The van der Waals surface area contributed by atoms with Crippen LogP contribution < -0.4 is 10.2 Å². The molecule has 9 nitrogen and oxygen atoms in total. The van der Waals surface area contributed by atoms with Gasteiger partial charge in [-0.3, -0.25) is 24.7 Å². The van der Waals surface area contributed by atoms with E-state index in [2.05, 4.69) is 22.0 Å². The number of amides is 3. The monoisotopic (exact) mass is 463 g/mol. The molecule has 3 amide bonds. The summed E-state index contributed by atoms with van der Waals surface area (Å²) in [4.78, 5) is 46.0. The predicted molar refractivity (Wildman–Crippen MR) is 125 cm³/mol. The molecule has 0 aliphatic carbocycles. The third-order valence-electron chi connectivity index (χ3n) is 6.70. The zero-order valence-electron chi connectivity index (χ0n) is 19.3. The number of nitrogens with one attached hydrogen (secondary N) is 1. The number of hydrogen-bond acceptors (Lipinski definition) is 7. The van der Waals surface area contributed by atoms with Crippen LogP contribution in [0.2, 0.25) is 0 Å². The van der Waals surface area contributed by atoms with Gasteiger partial charge in [0.15, 0.2) is 0 Å². The van der Waals surface area contributed by atoms with E-state index in [1.54, 1.807) is 7.05 Å². The quantitative estimate of drug-likeness (QED) is 0.675. The van der Waals surface area contributed by atoms with Gasteiger partial charge in [0.25, 0.3) is 5.91 Å². The van der Waals surface area contributed by atoms with Crippen LogP contribution in [0, 0.1) is 5.92 Å². The van der Waals surface area contributed by atoms with E-state index in [9.17, 15) is 14.4 Å². The molecule has 5 rings (SSSR count). The molecule has 9 heteroatoms. The molecule has 3 aliphatic heterocycles. The summed E-state index contributed by atoms with van der Waals surface area (Å²) in [7, 11) is 1.66. The van der Waals surface area contributed by atoms with Crippen LogP contribution >= 0.6 is 0 Å². The number of nitrogens with zero attached hydrogens (tertiary/aromatic N) is 4. The number of carbonyl (C=O) groups excluding carboxylic acids is 3. The van der Waals surface area contributed by atoms with Gasteiger partial charge in [-0.25, -0.2) is 4.79 Å². The van der Waals surface area contributed by atoms with Crippen LogP contribution in [0.1, 0.15) is 12.5 Å². The van der Waals surface area contributed by atoms with E-state index in [4.69, 9.17) is 4.74 Å². The zero-order chi connectivity index (χ0) is 23.8. The summed E-state index contributed by atoms with van der Waals surface area (Å²) in [5, 5.41) is 3.49. The van der Waals surface area contributed by atoms with Gasteiger partial charge in [0, 0.05) is 25.8 Å². The average molecular weight is 464 g/mol. The van der Waals surface area contributed by atoms with E-state index in [1.165, 1.54) is 4.90 Å². The summed E-state index contributed by atoms with van der Waals surface area (Å²) in [6, 6.07) is 18.3. The molecule has 2 aromatic carbocycles. The lowest BCUT2D eigenvalue weighted by atomic mass is 10.0. The van der Waals surface area contributed by atoms with E-state index < -0.39 is 30.8 Å². The van der Waals surface area contributed by atoms with Gasteiger partial charge in [-0.05, 0) is 23.6 Å². The van der Waals surface area contributed by atoms with Crippen molar-refractivity contribution in [1.82, 2.24) is 20.0 Å². The molecule has 3 aliphatic rings. The van der Waals surface area contributed by atoms with E-state index in [0.29, 0.717) is 12.5 Å². The Morgan fingerprint density at radius 1 is 1.03 bits per heavy atom. The molecule has 4 atom stereocenters. The average Bonchev–Trinajstić information content (AvgIpc) is 3.24. The molecule has 0 aromatic heterocycles. The van der Waals surface area contributed by atoms with Gasteiger partial charge in [-0.1, -0.05) is 55.5 Å². The molecule has 1 N–H and O–H groups in total. The number of hydrogen-bond donors (Lipinski definition) is 1. The minimum Gasteiger partial charge on any atom is -0.459 e.